The maximum Gasteiger partial charge on any atom is 0.303 e. The Balaban J connectivity index is 2.84. The van der Waals surface area contributed by atoms with Gasteiger partial charge in [0.15, 0.2) is 0 Å². The molecule has 0 fully saturated rings. The highest BCUT2D eigenvalue weighted by Gasteiger charge is 2.18. The van der Waals surface area contributed by atoms with Gasteiger partial charge in [-0.05, 0) is 49.8 Å². The quantitative estimate of drug-likeness (QED) is 0.844. The summed E-state index contributed by atoms with van der Waals surface area (Å²) >= 11 is 0. The first kappa shape index (κ1) is 14.7. The Hall–Kier alpha value is -1.35. The zero-order chi connectivity index (χ0) is 13.9. The van der Waals surface area contributed by atoms with Crippen molar-refractivity contribution in [3.63, 3.8) is 0 Å². The molecule has 0 aromatic heterocycles. The number of carboxylic acids is 1. The van der Waals surface area contributed by atoms with Crippen molar-refractivity contribution in [2.75, 3.05) is 0 Å². The van der Waals surface area contributed by atoms with Gasteiger partial charge in [-0.25, -0.2) is 0 Å². The minimum Gasteiger partial charge on any atom is -0.481 e. The summed E-state index contributed by atoms with van der Waals surface area (Å²) < 4.78 is 0. The van der Waals surface area contributed by atoms with Crippen molar-refractivity contribution in [1.82, 2.24) is 0 Å². The molecule has 0 aliphatic heterocycles. The lowest BCUT2D eigenvalue weighted by Gasteiger charge is -2.20. The Morgan fingerprint density at radius 1 is 1.22 bits per heavy atom. The summed E-state index contributed by atoms with van der Waals surface area (Å²) in [4.78, 5) is 10.6. The summed E-state index contributed by atoms with van der Waals surface area (Å²) in [6.45, 7) is 7.86. The van der Waals surface area contributed by atoms with Gasteiger partial charge in [-0.15, -0.1) is 0 Å². The molecule has 0 saturated carbocycles. The predicted octanol–water partition coefficient (Wildman–Crippen LogP) is 3.15. The molecule has 0 spiro atoms. The maximum atomic E-state index is 10.6. The molecule has 2 N–H and O–H groups in total. The number of hydrogen-bond acceptors (Lipinski definition) is 2. The largest absolute Gasteiger partial charge is 0.481 e. The normalized spacial score (nSPS) is 14.3. The molecule has 0 aliphatic carbocycles. The molecular formula is C15H22O3. The van der Waals surface area contributed by atoms with Crippen molar-refractivity contribution < 1.29 is 15.0 Å². The summed E-state index contributed by atoms with van der Waals surface area (Å²) in [5.74, 6) is -0.843. The Morgan fingerprint density at radius 3 is 2.17 bits per heavy atom. The minimum absolute atomic E-state index is 0.0300. The van der Waals surface area contributed by atoms with Crippen LogP contribution in [0.1, 0.15) is 48.1 Å². The molecule has 3 nitrogen and oxygen atoms in total. The SMILES string of the molecule is Cc1cc(C)c(C(O)CC(C)CC(=O)O)c(C)c1. The third-order valence-electron chi connectivity index (χ3n) is 3.22. The van der Waals surface area contributed by atoms with Gasteiger partial charge in [0.2, 0.25) is 0 Å². The molecule has 1 aromatic carbocycles. The number of aliphatic hydroxyl groups excluding tert-OH is 1. The van der Waals surface area contributed by atoms with E-state index >= 15 is 0 Å². The van der Waals surface area contributed by atoms with E-state index in [1.807, 2.05) is 39.8 Å². The molecule has 100 valence electrons. The summed E-state index contributed by atoms with van der Waals surface area (Å²) in [7, 11) is 0. The lowest BCUT2D eigenvalue weighted by Crippen LogP contribution is -2.11. The predicted molar refractivity (Wildman–Crippen MR) is 71.6 cm³/mol. The van der Waals surface area contributed by atoms with Gasteiger partial charge in [0.05, 0.1) is 6.10 Å². The second-order valence-corrected chi connectivity index (χ2v) is 5.27. The van der Waals surface area contributed by atoms with E-state index < -0.39 is 12.1 Å². The van der Waals surface area contributed by atoms with Crippen LogP contribution in [0.3, 0.4) is 0 Å². The summed E-state index contributed by atoms with van der Waals surface area (Å²) in [6, 6.07) is 4.10. The fourth-order valence-electron chi connectivity index (χ4n) is 2.60. The number of carbonyl (C=O) groups is 1. The van der Waals surface area contributed by atoms with E-state index in [4.69, 9.17) is 5.11 Å². The highest BCUT2D eigenvalue weighted by atomic mass is 16.4. The Bertz CT molecular complexity index is 414. The average Bonchev–Trinajstić information content (AvgIpc) is 2.12. The van der Waals surface area contributed by atoms with Gasteiger partial charge >= 0.3 is 5.97 Å². The first-order chi connectivity index (χ1) is 8.31. The molecule has 0 heterocycles. The fourth-order valence-corrected chi connectivity index (χ4v) is 2.60. The van der Waals surface area contributed by atoms with E-state index in [1.165, 1.54) is 5.56 Å². The maximum absolute atomic E-state index is 10.6. The van der Waals surface area contributed by atoms with Gasteiger partial charge < -0.3 is 10.2 Å². The first-order valence-corrected chi connectivity index (χ1v) is 6.28. The number of aliphatic carboxylic acids is 1. The summed E-state index contributed by atoms with van der Waals surface area (Å²) in [6.07, 6.45) is -0.00197. The first-order valence-electron chi connectivity index (χ1n) is 6.28. The van der Waals surface area contributed by atoms with E-state index in [0.29, 0.717) is 6.42 Å². The zero-order valence-corrected chi connectivity index (χ0v) is 11.5. The second kappa shape index (κ2) is 6.01. The van der Waals surface area contributed by atoms with Crippen LogP contribution in [0, 0.1) is 26.7 Å². The van der Waals surface area contributed by atoms with E-state index in [0.717, 1.165) is 16.7 Å². The molecule has 0 aliphatic rings. The number of carboxylic acid groups (broad SMARTS) is 1. The smallest absolute Gasteiger partial charge is 0.303 e. The van der Waals surface area contributed by atoms with Crippen LogP contribution in [0.5, 0.6) is 0 Å². The topological polar surface area (TPSA) is 57.5 Å². The molecule has 0 bridgehead atoms. The number of benzene rings is 1. The van der Waals surface area contributed by atoms with Crippen LogP contribution < -0.4 is 0 Å². The van der Waals surface area contributed by atoms with Crippen molar-refractivity contribution in [3.8, 4) is 0 Å². The molecule has 1 rings (SSSR count). The van der Waals surface area contributed by atoms with Gasteiger partial charge in [0, 0.05) is 6.42 Å². The Kier molecular flexibility index (Phi) is 4.91. The number of rotatable bonds is 5. The lowest BCUT2D eigenvalue weighted by atomic mass is 9.90. The van der Waals surface area contributed by atoms with Crippen molar-refractivity contribution in [2.45, 2.75) is 46.6 Å². The van der Waals surface area contributed by atoms with Crippen LogP contribution in [0.4, 0.5) is 0 Å². The van der Waals surface area contributed by atoms with Crippen LogP contribution in [0.2, 0.25) is 0 Å². The Labute approximate surface area is 108 Å². The van der Waals surface area contributed by atoms with Crippen molar-refractivity contribution in [3.05, 3.63) is 34.4 Å². The van der Waals surface area contributed by atoms with Gasteiger partial charge in [-0.1, -0.05) is 24.6 Å². The molecule has 18 heavy (non-hydrogen) atoms. The molecule has 2 unspecified atom stereocenters. The van der Waals surface area contributed by atoms with Crippen molar-refractivity contribution in [2.24, 2.45) is 5.92 Å². The van der Waals surface area contributed by atoms with Crippen LogP contribution in [0.25, 0.3) is 0 Å². The molecule has 0 saturated heterocycles. The second-order valence-electron chi connectivity index (χ2n) is 5.27. The van der Waals surface area contributed by atoms with Gasteiger partial charge in [0.1, 0.15) is 0 Å². The molecular weight excluding hydrogens is 228 g/mol. The summed E-state index contributed by atoms with van der Waals surface area (Å²) in [5, 5.41) is 19.0. The molecule has 3 heteroatoms. The van der Waals surface area contributed by atoms with Crippen LogP contribution >= 0.6 is 0 Å². The number of aliphatic hydroxyl groups is 1. The van der Waals surface area contributed by atoms with Gasteiger partial charge in [-0.3, -0.25) is 4.79 Å². The summed E-state index contributed by atoms with van der Waals surface area (Å²) in [5.41, 5.74) is 4.27. The van der Waals surface area contributed by atoms with Crippen LogP contribution in [0.15, 0.2) is 12.1 Å². The molecule has 1 aromatic rings. The van der Waals surface area contributed by atoms with E-state index in [2.05, 4.69) is 0 Å². The average molecular weight is 250 g/mol. The third-order valence-corrected chi connectivity index (χ3v) is 3.22. The van der Waals surface area contributed by atoms with E-state index in [9.17, 15) is 9.90 Å². The third kappa shape index (κ3) is 3.84. The molecule has 0 radical (unpaired) electrons. The van der Waals surface area contributed by atoms with Crippen LogP contribution in [-0.4, -0.2) is 16.2 Å². The van der Waals surface area contributed by atoms with E-state index in [-0.39, 0.29) is 12.3 Å². The van der Waals surface area contributed by atoms with Crippen molar-refractivity contribution >= 4 is 5.97 Å². The molecule has 0 amide bonds. The van der Waals surface area contributed by atoms with Crippen molar-refractivity contribution in [1.29, 1.82) is 0 Å². The standard InChI is InChI=1S/C15H22O3/c1-9-5-11(3)15(12(4)6-9)13(16)7-10(2)8-14(17)18/h5-6,10,13,16H,7-8H2,1-4H3,(H,17,18). The minimum atomic E-state index is -0.813. The van der Waals surface area contributed by atoms with Gasteiger partial charge in [-0.2, -0.15) is 0 Å². The number of hydrogen-bond donors (Lipinski definition) is 2. The van der Waals surface area contributed by atoms with Gasteiger partial charge in [0.25, 0.3) is 0 Å². The highest BCUT2D eigenvalue weighted by molar-refractivity contribution is 5.66. The van der Waals surface area contributed by atoms with E-state index in [1.54, 1.807) is 0 Å². The van der Waals surface area contributed by atoms with Crippen LogP contribution in [-0.2, 0) is 4.79 Å². The fraction of sp³-hybridized carbons (Fsp3) is 0.533. The highest BCUT2D eigenvalue weighted by Crippen LogP contribution is 2.29. The monoisotopic (exact) mass is 250 g/mol. The number of aryl methyl sites for hydroxylation is 3. The zero-order valence-electron chi connectivity index (χ0n) is 11.5. The lowest BCUT2D eigenvalue weighted by molar-refractivity contribution is -0.138. The molecule has 2 atom stereocenters. The Morgan fingerprint density at radius 2 is 1.72 bits per heavy atom.